The van der Waals surface area contributed by atoms with E-state index in [1.54, 1.807) is 0 Å². The van der Waals surface area contributed by atoms with Crippen LogP contribution in [0.5, 0.6) is 0 Å². The van der Waals surface area contributed by atoms with E-state index in [2.05, 4.69) is 29.8 Å². The van der Waals surface area contributed by atoms with Crippen LogP contribution in [0.3, 0.4) is 0 Å². The molecule has 0 saturated heterocycles. The van der Waals surface area contributed by atoms with Crippen LogP contribution in [0.4, 0.5) is 0 Å². The zero-order chi connectivity index (χ0) is 18.9. The third kappa shape index (κ3) is 5.57. The van der Waals surface area contributed by atoms with Gasteiger partial charge in [0.05, 0.1) is 18.8 Å². The van der Waals surface area contributed by atoms with Crippen LogP contribution in [-0.2, 0) is 25.5 Å². The van der Waals surface area contributed by atoms with Crippen molar-refractivity contribution in [2.45, 2.75) is 32.5 Å². The Labute approximate surface area is 154 Å². The second-order valence-corrected chi connectivity index (χ2v) is 5.98. The molecule has 0 atom stereocenters. The molecule has 7 nitrogen and oxygen atoms in total. The van der Waals surface area contributed by atoms with Crippen molar-refractivity contribution in [1.29, 1.82) is 0 Å². The highest BCUT2D eigenvalue weighted by Gasteiger charge is 2.20. The van der Waals surface area contributed by atoms with Gasteiger partial charge >= 0.3 is 0 Å². The molecule has 1 aromatic carbocycles. The van der Waals surface area contributed by atoms with Crippen molar-refractivity contribution in [3.05, 3.63) is 41.5 Å². The lowest BCUT2D eigenvalue weighted by atomic mass is 10.1. The molecule has 2 N–H and O–H groups in total. The quantitative estimate of drug-likeness (QED) is 0.651. The predicted octanol–water partition coefficient (Wildman–Crippen LogP) is 1.45. The fourth-order valence-electron chi connectivity index (χ4n) is 2.60. The van der Waals surface area contributed by atoms with Crippen molar-refractivity contribution in [2.75, 3.05) is 27.3 Å². The van der Waals surface area contributed by atoms with E-state index in [0.717, 1.165) is 17.7 Å². The maximum atomic E-state index is 12.1. The number of hydrogen-bond donors (Lipinski definition) is 2. The lowest BCUT2D eigenvalue weighted by molar-refractivity contribution is -0.134. The first kappa shape index (κ1) is 19.9. The van der Waals surface area contributed by atoms with Crippen molar-refractivity contribution in [1.82, 2.24) is 15.8 Å². The SMILES string of the molecule is CCc1ccc(C2=CCC(=O)N(CCC(=O)NCC(OC)OC)N2)cc1. The molecule has 0 radical (unpaired) electrons. The Bertz CT molecular complexity index is 639. The van der Waals surface area contributed by atoms with Gasteiger partial charge in [0.2, 0.25) is 11.8 Å². The molecule has 2 rings (SSSR count). The second-order valence-electron chi connectivity index (χ2n) is 5.98. The van der Waals surface area contributed by atoms with Crippen molar-refractivity contribution in [2.24, 2.45) is 0 Å². The summed E-state index contributed by atoms with van der Waals surface area (Å²) in [4.78, 5) is 24.0. The van der Waals surface area contributed by atoms with Crippen LogP contribution in [0.25, 0.3) is 5.70 Å². The summed E-state index contributed by atoms with van der Waals surface area (Å²) < 4.78 is 10.0. The number of methoxy groups -OCH3 is 2. The molecule has 1 aromatic rings. The van der Waals surface area contributed by atoms with Gasteiger partial charge in [0.15, 0.2) is 6.29 Å². The molecule has 142 valence electrons. The van der Waals surface area contributed by atoms with Crippen LogP contribution >= 0.6 is 0 Å². The molecule has 0 bridgehead atoms. The minimum absolute atomic E-state index is 0.0570. The number of nitrogens with one attached hydrogen (secondary N) is 2. The van der Waals surface area contributed by atoms with Gasteiger partial charge in [-0.2, -0.15) is 0 Å². The van der Waals surface area contributed by atoms with Gasteiger partial charge in [0.25, 0.3) is 0 Å². The largest absolute Gasteiger partial charge is 0.354 e. The summed E-state index contributed by atoms with van der Waals surface area (Å²) in [7, 11) is 3.02. The van der Waals surface area contributed by atoms with Crippen molar-refractivity contribution in [3.63, 3.8) is 0 Å². The fraction of sp³-hybridized carbons (Fsp3) is 0.474. The lowest BCUT2D eigenvalue weighted by Gasteiger charge is -2.29. The number of nitrogens with zero attached hydrogens (tertiary/aromatic N) is 1. The van der Waals surface area contributed by atoms with E-state index in [-0.39, 0.29) is 24.8 Å². The smallest absolute Gasteiger partial charge is 0.244 e. The Balaban J connectivity index is 1.86. The molecule has 26 heavy (non-hydrogen) atoms. The summed E-state index contributed by atoms with van der Waals surface area (Å²) in [6, 6.07) is 8.23. The predicted molar refractivity (Wildman–Crippen MR) is 98.7 cm³/mol. The Kier molecular flexibility index (Phi) is 7.62. The maximum absolute atomic E-state index is 12.1. The molecule has 1 aliphatic rings. The van der Waals surface area contributed by atoms with Gasteiger partial charge in [-0.25, -0.2) is 0 Å². The topological polar surface area (TPSA) is 79.9 Å². The van der Waals surface area contributed by atoms with Gasteiger partial charge in [-0.15, -0.1) is 0 Å². The van der Waals surface area contributed by atoms with Crippen LogP contribution < -0.4 is 10.7 Å². The van der Waals surface area contributed by atoms with Crippen LogP contribution in [0.1, 0.15) is 30.9 Å². The first-order valence-electron chi connectivity index (χ1n) is 8.76. The van der Waals surface area contributed by atoms with E-state index in [9.17, 15) is 9.59 Å². The van der Waals surface area contributed by atoms with E-state index in [4.69, 9.17) is 9.47 Å². The van der Waals surface area contributed by atoms with Crippen LogP contribution in [0, 0.1) is 0 Å². The van der Waals surface area contributed by atoms with Crippen LogP contribution in [0.15, 0.2) is 30.3 Å². The highest BCUT2D eigenvalue weighted by molar-refractivity contribution is 5.84. The number of carbonyl (C=O) groups is 2. The summed E-state index contributed by atoms with van der Waals surface area (Å²) in [5, 5.41) is 4.22. The summed E-state index contributed by atoms with van der Waals surface area (Å²) >= 11 is 0. The molecular weight excluding hydrogens is 334 g/mol. The maximum Gasteiger partial charge on any atom is 0.244 e. The van der Waals surface area contributed by atoms with Gasteiger partial charge in [-0.05, 0) is 23.6 Å². The minimum atomic E-state index is -0.477. The van der Waals surface area contributed by atoms with Crippen molar-refractivity contribution < 1.29 is 19.1 Å². The van der Waals surface area contributed by atoms with Crippen molar-refractivity contribution >= 4 is 17.5 Å². The minimum Gasteiger partial charge on any atom is -0.354 e. The molecule has 0 aromatic heterocycles. The Hall–Kier alpha value is -2.38. The average molecular weight is 361 g/mol. The number of hydrogen-bond acceptors (Lipinski definition) is 5. The van der Waals surface area contributed by atoms with Gasteiger partial charge in [0, 0.05) is 27.1 Å². The van der Waals surface area contributed by atoms with Crippen LogP contribution in [-0.4, -0.2) is 50.4 Å². The molecule has 0 aliphatic carbocycles. The number of amides is 2. The van der Waals surface area contributed by atoms with Gasteiger partial charge in [0.1, 0.15) is 0 Å². The number of aryl methyl sites for hydroxylation is 1. The van der Waals surface area contributed by atoms with E-state index in [0.29, 0.717) is 13.0 Å². The number of carbonyl (C=O) groups excluding carboxylic acids is 2. The summed E-state index contributed by atoms with van der Waals surface area (Å²) in [6.07, 6.45) is 2.89. The molecule has 0 fully saturated rings. The second kappa shape index (κ2) is 9.94. The highest BCUT2D eigenvalue weighted by atomic mass is 16.7. The molecular formula is C19H27N3O4. The van der Waals surface area contributed by atoms with Gasteiger partial charge in [-0.3, -0.25) is 20.0 Å². The van der Waals surface area contributed by atoms with Gasteiger partial charge in [-0.1, -0.05) is 31.2 Å². The van der Waals surface area contributed by atoms with Gasteiger partial charge < -0.3 is 14.8 Å². The standard InChI is InChI=1S/C19H27N3O4/c1-4-14-5-7-15(8-6-14)16-9-10-18(24)22(21-16)12-11-17(23)20-13-19(25-2)26-3/h5-9,19,21H,4,10-13H2,1-3H3,(H,20,23). The third-order valence-electron chi connectivity index (χ3n) is 4.26. The first-order valence-corrected chi connectivity index (χ1v) is 8.76. The average Bonchev–Trinajstić information content (AvgIpc) is 2.68. The lowest BCUT2D eigenvalue weighted by Crippen LogP contribution is -2.46. The highest BCUT2D eigenvalue weighted by Crippen LogP contribution is 2.18. The monoisotopic (exact) mass is 361 g/mol. The Morgan fingerprint density at radius 1 is 1.27 bits per heavy atom. The third-order valence-corrected chi connectivity index (χ3v) is 4.26. The van der Waals surface area contributed by atoms with Crippen molar-refractivity contribution in [3.8, 4) is 0 Å². The molecule has 0 unspecified atom stereocenters. The summed E-state index contributed by atoms with van der Waals surface area (Å²) in [6.45, 7) is 2.67. The normalized spacial score (nSPS) is 14.2. The molecule has 0 spiro atoms. The molecule has 1 heterocycles. The Morgan fingerprint density at radius 2 is 1.96 bits per heavy atom. The summed E-state index contributed by atoms with van der Waals surface area (Å²) in [5.74, 6) is -0.222. The molecule has 1 aliphatic heterocycles. The Morgan fingerprint density at radius 3 is 2.58 bits per heavy atom. The van der Waals surface area contributed by atoms with E-state index < -0.39 is 6.29 Å². The number of rotatable bonds is 9. The fourth-order valence-corrected chi connectivity index (χ4v) is 2.60. The number of hydrazine groups is 1. The molecule has 2 amide bonds. The van der Waals surface area contributed by atoms with E-state index in [1.807, 2.05) is 18.2 Å². The first-order chi connectivity index (χ1) is 12.6. The van der Waals surface area contributed by atoms with Crippen LogP contribution in [0.2, 0.25) is 0 Å². The molecule has 0 saturated carbocycles. The summed E-state index contributed by atoms with van der Waals surface area (Å²) in [5.41, 5.74) is 6.28. The zero-order valence-corrected chi connectivity index (χ0v) is 15.6. The number of ether oxygens (including phenoxy) is 2. The molecule has 7 heteroatoms. The van der Waals surface area contributed by atoms with E-state index in [1.165, 1.54) is 24.8 Å². The zero-order valence-electron chi connectivity index (χ0n) is 15.6. The van der Waals surface area contributed by atoms with E-state index >= 15 is 0 Å². The number of benzene rings is 1.